The van der Waals surface area contributed by atoms with Gasteiger partial charge in [0.15, 0.2) is 6.61 Å². The Morgan fingerprint density at radius 3 is 2.48 bits per heavy atom. The minimum absolute atomic E-state index is 0.0423. The van der Waals surface area contributed by atoms with Crippen LogP contribution in [-0.4, -0.2) is 34.6 Å². The molecule has 0 unspecified atom stereocenters. The molecule has 6 heteroatoms. The summed E-state index contributed by atoms with van der Waals surface area (Å²) in [6.07, 6.45) is 0. The molecule has 0 N–H and O–H groups in total. The Balaban J connectivity index is 1.57. The third kappa shape index (κ3) is 4.73. The molecule has 0 saturated carbocycles. The third-order valence-electron chi connectivity index (χ3n) is 4.26. The van der Waals surface area contributed by atoms with Crippen molar-refractivity contribution in [2.75, 3.05) is 13.7 Å². The van der Waals surface area contributed by atoms with Crippen LogP contribution in [0.4, 0.5) is 0 Å². The van der Waals surface area contributed by atoms with Crippen LogP contribution in [0.5, 0.6) is 5.75 Å². The summed E-state index contributed by atoms with van der Waals surface area (Å²) >= 11 is 0. The number of hydrogen-bond acceptors (Lipinski definition) is 5. The Kier molecular flexibility index (Phi) is 5.54. The Hall–Kier alpha value is -3.15. The SMILES string of the molecule is Cc1ccc(-c2noc(CN(C)C(=O)COc3ccc(C)cc3C)n2)cc1. The van der Waals surface area contributed by atoms with Gasteiger partial charge >= 0.3 is 0 Å². The molecule has 0 aliphatic rings. The van der Waals surface area contributed by atoms with E-state index >= 15 is 0 Å². The summed E-state index contributed by atoms with van der Waals surface area (Å²) in [4.78, 5) is 18.2. The molecule has 0 fully saturated rings. The van der Waals surface area contributed by atoms with E-state index < -0.39 is 0 Å². The van der Waals surface area contributed by atoms with E-state index in [4.69, 9.17) is 9.26 Å². The topological polar surface area (TPSA) is 68.5 Å². The number of ether oxygens (including phenoxy) is 1. The highest BCUT2D eigenvalue weighted by molar-refractivity contribution is 5.77. The summed E-state index contributed by atoms with van der Waals surface area (Å²) < 4.78 is 10.9. The monoisotopic (exact) mass is 365 g/mol. The number of aromatic nitrogens is 2. The second-order valence-corrected chi connectivity index (χ2v) is 6.69. The van der Waals surface area contributed by atoms with Crippen LogP contribution in [-0.2, 0) is 11.3 Å². The van der Waals surface area contributed by atoms with E-state index in [2.05, 4.69) is 10.1 Å². The van der Waals surface area contributed by atoms with Gasteiger partial charge in [0.25, 0.3) is 5.91 Å². The molecule has 0 aliphatic carbocycles. The summed E-state index contributed by atoms with van der Waals surface area (Å²) in [7, 11) is 1.68. The number of carbonyl (C=O) groups is 1. The zero-order valence-electron chi connectivity index (χ0n) is 16.0. The van der Waals surface area contributed by atoms with Crippen molar-refractivity contribution in [3.63, 3.8) is 0 Å². The molecule has 2 aromatic carbocycles. The summed E-state index contributed by atoms with van der Waals surface area (Å²) in [5, 5.41) is 3.99. The first-order valence-corrected chi connectivity index (χ1v) is 8.76. The van der Waals surface area contributed by atoms with E-state index in [-0.39, 0.29) is 19.1 Å². The molecule has 0 saturated heterocycles. The normalized spacial score (nSPS) is 10.7. The molecular weight excluding hydrogens is 342 g/mol. The van der Waals surface area contributed by atoms with Crippen molar-refractivity contribution < 1.29 is 14.1 Å². The van der Waals surface area contributed by atoms with Gasteiger partial charge in [0.05, 0.1) is 6.54 Å². The van der Waals surface area contributed by atoms with E-state index in [9.17, 15) is 4.79 Å². The Morgan fingerprint density at radius 2 is 1.78 bits per heavy atom. The summed E-state index contributed by atoms with van der Waals surface area (Å²) in [5.41, 5.74) is 4.20. The molecule has 1 amide bonds. The van der Waals surface area contributed by atoms with E-state index in [1.807, 2.05) is 63.2 Å². The maximum Gasteiger partial charge on any atom is 0.260 e. The van der Waals surface area contributed by atoms with Crippen molar-refractivity contribution in [2.24, 2.45) is 0 Å². The Bertz CT molecular complexity index is 932. The fourth-order valence-corrected chi connectivity index (χ4v) is 2.64. The number of likely N-dealkylation sites (N-methyl/N-ethyl adjacent to an activating group) is 1. The first kappa shape index (κ1) is 18.6. The second-order valence-electron chi connectivity index (χ2n) is 6.69. The number of aryl methyl sites for hydroxylation is 3. The van der Waals surface area contributed by atoms with Crippen LogP contribution in [0, 0.1) is 20.8 Å². The average Bonchev–Trinajstić information content (AvgIpc) is 3.09. The molecule has 3 rings (SSSR count). The zero-order valence-corrected chi connectivity index (χ0v) is 16.0. The predicted molar refractivity (Wildman–Crippen MR) is 102 cm³/mol. The van der Waals surface area contributed by atoms with Crippen molar-refractivity contribution >= 4 is 5.91 Å². The van der Waals surface area contributed by atoms with Crippen LogP contribution in [0.3, 0.4) is 0 Å². The molecule has 0 radical (unpaired) electrons. The molecule has 0 atom stereocenters. The minimum atomic E-state index is -0.162. The number of nitrogens with zero attached hydrogens (tertiary/aromatic N) is 3. The highest BCUT2D eigenvalue weighted by Crippen LogP contribution is 2.19. The maximum absolute atomic E-state index is 12.3. The minimum Gasteiger partial charge on any atom is -0.484 e. The molecule has 0 spiro atoms. The number of benzene rings is 2. The van der Waals surface area contributed by atoms with Crippen LogP contribution in [0.15, 0.2) is 47.0 Å². The van der Waals surface area contributed by atoms with E-state index in [0.29, 0.717) is 17.5 Å². The van der Waals surface area contributed by atoms with Gasteiger partial charge in [-0.3, -0.25) is 4.79 Å². The molecule has 3 aromatic rings. The summed E-state index contributed by atoms with van der Waals surface area (Å²) in [6.45, 7) is 6.19. The largest absolute Gasteiger partial charge is 0.484 e. The van der Waals surface area contributed by atoms with Gasteiger partial charge in [0.1, 0.15) is 5.75 Å². The third-order valence-corrected chi connectivity index (χ3v) is 4.26. The van der Waals surface area contributed by atoms with E-state index in [1.54, 1.807) is 7.05 Å². The van der Waals surface area contributed by atoms with Gasteiger partial charge in [0, 0.05) is 12.6 Å². The lowest BCUT2D eigenvalue weighted by Gasteiger charge is -2.16. The smallest absolute Gasteiger partial charge is 0.260 e. The Morgan fingerprint density at radius 1 is 1.07 bits per heavy atom. The van der Waals surface area contributed by atoms with Crippen LogP contribution < -0.4 is 4.74 Å². The fraction of sp³-hybridized carbons (Fsp3) is 0.286. The highest BCUT2D eigenvalue weighted by Gasteiger charge is 2.15. The Labute approximate surface area is 158 Å². The number of carbonyl (C=O) groups excluding carboxylic acids is 1. The average molecular weight is 365 g/mol. The highest BCUT2D eigenvalue weighted by atomic mass is 16.5. The van der Waals surface area contributed by atoms with Crippen molar-refractivity contribution in [3.05, 3.63) is 65.0 Å². The second kappa shape index (κ2) is 8.03. The predicted octanol–water partition coefficient (Wildman–Crippen LogP) is 3.70. The van der Waals surface area contributed by atoms with Crippen molar-refractivity contribution in [3.8, 4) is 17.1 Å². The van der Waals surface area contributed by atoms with Gasteiger partial charge in [-0.15, -0.1) is 0 Å². The fourth-order valence-electron chi connectivity index (χ4n) is 2.64. The van der Waals surface area contributed by atoms with Gasteiger partial charge in [-0.25, -0.2) is 0 Å². The first-order chi connectivity index (χ1) is 12.9. The molecule has 6 nitrogen and oxygen atoms in total. The van der Waals surface area contributed by atoms with Gasteiger partial charge in [-0.2, -0.15) is 4.98 Å². The van der Waals surface area contributed by atoms with E-state index in [1.165, 1.54) is 4.90 Å². The first-order valence-electron chi connectivity index (χ1n) is 8.76. The molecule has 27 heavy (non-hydrogen) atoms. The maximum atomic E-state index is 12.3. The molecular formula is C21H23N3O3. The van der Waals surface area contributed by atoms with Crippen LogP contribution in [0.2, 0.25) is 0 Å². The standard InChI is InChI=1S/C21H23N3O3/c1-14-5-8-17(9-6-14)21-22-19(27-23-21)12-24(4)20(25)13-26-18-10-7-15(2)11-16(18)3/h5-11H,12-13H2,1-4H3. The van der Waals surface area contributed by atoms with Gasteiger partial charge in [-0.05, 0) is 32.4 Å². The molecule has 0 bridgehead atoms. The van der Waals surface area contributed by atoms with Crippen LogP contribution in [0.1, 0.15) is 22.6 Å². The quantitative estimate of drug-likeness (QED) is 0.666. The number of amides is 1. The van der Waals surface area contributed by atoms with Gasteiger partial charge in [-0.1, -0.05) is 52.7 Å². The van der Waals surface area contributed by atoms with Gasteiger partial charge < -0.3 is 14.2 Å². The summed E-state index contributed by atoms with van der Waals surface area (Å²) in [6, 6.07) is 13.7. The van der Waals surface area contributed by atoms with Gasteiger partial charge in [0.2, 0.25) is 11.7 Å². The van der Waals surface area contributed by atoms with Crippen LogP contribution in [0.25, 0.3) is 11.4 Å². The lowest BCUT2D eigenvalue weighted by Crippen LogP contribution is -2.31. The number of rotatable bonds is 6. The molecule has 0 aliphatic heterocycles. The summed E-state index contributed by atoms with van der Waals surface area (Å²) in [5.74, 6) is 1.44. The molecule has 140 valence electrons. The van der Waals surface area contributed by atoms with Crippen molar-refractivity contribution in [1.82, 2.24) is 15.0 Å². The van der Waals surface area contributed by atoms with Crippen molar-refractivity contribution in [2.45, 2.75) is 27.3 Å². The number of hydrogen-bond donors (Lipinski definition) is 0. The lowest BCUT2D eigenvalue weighted by atomic mass is 10.1. The molecule has 1 aromatic heterocycles. The molecule has 1 heterocycles. The zero-order chi connectivity index (χ0) is 19.4. The lowest BCUT2D eigenvalue weighted by molar-refractivity contribution is -0.132. The van der Waals surface area contributed by atoms with Crippen LogP contribution >= 0.6 is 0 Å². The van der Waals surface area contributed by atoms with E-state index in [0.717, 1.165) is 22.3 Å². The van der Waals surface area contributed by atoms with Crippen molar-refractivity contribution in [1.29, 1.82) is 0 Å².